The lowest BCUT2D eigenvalue weighted by molar-refractivity contribution is 0.0516. The Morgan fingerprint density at radius 1 is 1.21 bits per heavy atom. The first kappa shape index (κ1) is 18.9. The summed E-state index contributed by atoms with van der Waals surface area (Å²) in [5.41, 5.74) is 2.09. The Kier molecular flexibility index (Phi) is 5.41. The van der Waals surface area contributed by atoms with Crippen LogP contribution in [0.1, 0.15) is 23.3 Å². The van der Waals surface area contributed by atoms with Crippen LogP contribution in [0.15, 0.2) is 48.7 Å². The number of amides is 1. The Bertz CT molecular complexity index is 989. The second-order valence-corrected chi connectivity index (χ2v) is 6.93. The molecule has 1 unspecified atom stereocenters. The molecule has 1 fully saturated rings. The molecule has 1 aliphatic rings. The number of ether oxygens (including phenoxy) is 2. The van der Waals surface area contributed by atoms with Gasteiger partial charge in [-0.25, -0.2) is 0 Å². The molecular weight excluding hydrogens is 370 g/mol. The first-order valence-corrected chi connectivity index (χ1v) is 9.57. The van der Waals surface area contributed by atoms with E-state index in [9.17, 15) is 4.79 Å². The van der Waals surface area contributed by atoms with Crippen molar-refractivity contribution in [3.05, 3.63) is 54.4 Å². The third-order valence-electron chi connectivity index (χ3n) is 4.98. The van der Waals surface area contributed by atoms with Crippen LogP contribution >= 0.6 is 0 Å². The number of aromatic nitrogens is 4. The van der Waals surface area contributed by atoms with E-state index < -0.39 is 0 Å². The van der Waals surface area contributed by atoms with E-state index in [1.165, 1.54) is 0 Å². The smallest absolute Gasteiger partial charge is 0.272 e. The van der Waals surface area contributed by atoms with Crippen molar-refractivity contribution < 1.29 is 14.3 Å². The van der Waals surface area contributed by atoms with Crippen LogP contribution in [0.3, 0.4) is 0 Å². The molecule has 0 spiro atoms. The lowest BCUT2D eigenvalue weighted by Crippen LogP contribution is -2.45. The monoisotopic (exact) mass is 393 g/mol. The molecule has 0 N–H and O–H groups in total. The van der Waals surface area contributed by atoms with Crippen molar-refractivity contribution in [3.8, 4) is 22.9 Å². The van der Waals surface area contributed by atoms with Gasteiger partial charge in [0.25, 0.3) is 5.91 Å². The third-order valence-corrected chi connectivity index (χ3v) is 4.98. The molecule has 1 aliphatic heterocycles. The molecule has 0 aliphatic carbocycles. The predicted molar refractivity (Wildman–Crippen MR) is 107 cm³/mol. The molecule has 29 heavy (non-hydrogen) atoms. The molecule has 1 atom stereocenters. The number of para-hydroxylation sites is 1. The average Bonchev–Trinajstić information content (AvgIpc) is 3.15. The molecule has 3 aromatic rings. The van der Waals surface area contributed by atoms with Crippen molar-refractivity contribution in [3.63, 3.8) is 0 Å². The van der Waals surface area contributed by atoms with Gasteiger partial charge in [0.1, 0.15) is 17.5 Å². The molecule has 2 aromatic heterocycles. The molecule has 3 heterocycles. The number of benzene rings is 1. The fraction of sp³-hybridized carbons (Fsp3) is 0.333. The lowest BCUT2D eigenvalue weighted by Gasteiger charge is -2.32. The fourth-order valence-electron chi connectivity index (χ4n) is 3.56. The van der Waals surface area contributed by atoms with Crippen LogP contribution in [0, 0.1) is 0 Å². The number of aryl methyl sites for hydroxylation is 1. The van der Waals surface area contributed by atoms with Gasteiger partial charge in [-0.2, -0.15) is 10.2 Å². The minimum atomic E-state index is -0.105. The van der Waals surface area contributed by atoms with Gasteiger partial charge in [-0.3, -0.25) is 9.48 Å². The quantitative estimate of drug-likeness (QED) is 0.663. The number of piperidine rings is 1. The van der Waals surface area contributed by atoms with Gasteiger partial charge in [0.15, 0.2) is 0 Å². The van der Waals surface area contributed by atoms with E-state index in [0.29, 0.717) is 30.4 Å². The summed E-state index contributed by atoms with van der Waals surface area (Å²) < 4.78 is 12.9. The second kappa shape index (κ2) is 8.30. The van der Waals surface area contributed by atoms with E-state index in [1.54, 1.807) is 37.2 Å². The van der Waals surface area contributed by atoms with Gasteiger partial charge in [0.2, 0.25) is 5.88 Å². The maximum absolute atomic E-state index is 13.2. The second-order valence-electron chi connectivity index (χ2n) is 6.93. The molecule has 150 valence electrons. The predicted octanol–water partition coefficient (Wildman–Crippen LogP) is 2.57. The standard InChI is InChI=1S/C21H23N5O3/c1-25-18(13-17(24-25)16-8-3-4-9-19(16)28-2)21(27)26-12-6-7-15(14-26)29-20-10-5-11-22-23-20/h3-5,8-11,13,15H,6-7,12,14H2,1-2H3. The largest absolute Gasteiger partial charge is 0.496 e. The Balaban J connectivity index is 1.51. The number of nitrogens with zero attached hydrogens (tertiary/aromatic N) is 5. The highest BCUT2D eigenvalue weighted by Gasteiger charge is 2.28. The molecular formula is C21H23N5O3. The highest BCUT2D eigenvalue weighted by molar-refractivity contribution is 5.94. The van der Waals surface area contributed by atoms with Gasteiger partial charge in [0.05, 0.1) is 19.3 Å². The molecule has 0 radical (unpaired) electrons. The number of carbonyl (C=O) groups is 1. The van der Waals surface area contributed by atoms with E-state index in [2.05, 4.69) is 15.3 Å². The number of hydrogen-bond donors (Lipinski definition) is 0. The minimum absolute atomic E-state index is 0.0615. The SMILES string of the molecule is COc1ccccc1-c1cc(C(=O)N2CCCC(Oc3cccnn3)C2)n(C)n1. The van der Waals surface area contributed by atoms with Gasteiger partial charge in [-0.1, -0.05) is 12.1 Å². The van der Waals surface area contributed by atoms with E-state index in [4.69, 9.17) is 9.47 Å². The van der Waals surface area contributed by atoms with Crippen molar-refractivity contribution >= 4 is 5.91 Å². The zero-order valence-corrected chi connectivity index (χ0v) is 16.5. The number of methoxy groups -OCH3 is 1. The molecule has 1 saturated heterocycles. The van der Waals surface area contributed by atoms with Crippen LogP contribution in [0.25, 0.3) is 11.3 Å². The summed E-state index contributed by atoms with van der Waals surface area (Å²) in [6.45, 7) is 1.19. The molecule has 0 saturated carbocycles. The summed E-state index contributed by atoms with van der Waals surface area (Å²) in [7, 11) is 3.41. The number of hydrogen-bond acceptors (Lipinski definition) is 6. The summed E-state index contributed by atoms with van der Waals surface area (Å²) in [5, 5.41) is 12.3. The zero-order valence-electron chi connectivity index (χ0n) is 16.5. The number of rotatable bonds is 5. The summed E-state index contributed by atoms with van der Waals surface area (Å²) in [6.07, 6.45) is 3.24. The van der Waals surface area contributed by atoms with E-state index in [1.807, 2.05) is 35.2 Å². The normalized spacial score (nSPS) is 16.5. The topological polar surface area (TPSA) is 82.4 Å². The van der Waals surface area contributed by atoms with Crippen molar-refractivity contribution in [2.45, 2.75) is 18.9 Å². The van der Waals surface area contributed by atoms with Crippen LogP contribution in [0.2, 0.25) is 0 Å². The highest BCUT2D eigenvalue weighted by Crippen LogP contribution is 2.29. The highest BCUT2D eigenvalue weighted by atomic mass is 16.5. The third kappa shape index (κ3) is 4.06. The summed E-state index contributed by atoms with van der Waals surface area (Å²) >= 11 is 0. The molecule has 0 bridgehead atoms. The van der Waals surface area contributed by atoms with Crippen LogP contribution in [-0.4, -0.2) is 57.1 Å². The van der Waals surface area contributed by atoms with Crippen LogP contribution < -0.4 is 9.47 Å². The molecule has 1 aromatic carbocycles. The molecule has 8 nitrogen and oxygen atoms in total. The zero-order chi connectivity index (χ0) is 20.2. The molecule has 1 amide bonds. The van der Waals surface area contributed by atoms with E-state index in [-0.39, 0.29) is 12.0 Å². The minimum Gasteiger partial charge on any atom is -0.496 e. The van der Waals surface area contributed by atoms with Crippen molar-refractivity contribution in [1.82, 2.24) is 24.9 Å². The Morgan fingerprint density at radius 2 is 2.07 bits per heavy atom. The fourth-order valence-corrected chi connectivity index (χ4v) is 3.56. The van der Waals surface area contributed by atoms with Gasteiger partial charge in [-0.05, 0) is 37.1 Å². The summed E-state index contributed by atoms with van der Waals surface area (Å²) in [5.74, 6) is 1.14. The first-order valence-electron chi connectivity index (χ1n) is 9.57. The van der Waals surface area contributed by atoms with Crippen molar-refractivity contribution in [2.75, 3.05) is 20.2 Å². The maximum Gasteiger partial charge on any atom is 0.272 e. The van der Waals surface area contributed by atoms with Crippen LogP contribution in [-0.2, 0) is 7.05 Å². The number of likely N-dealkylation sites (tertiary alicyclic amines) is 1. The van der Waals surface area contributed by atoms with Crippen molar-refractivity contribution in [2.24, 2.45) is 7.05 Å². The molecule has 4 rings (SSSR count). The lowest BCUT2D eigenvalue weighted by atomic mass is 10.1. The average molecular weight is 393 g/mol. The number of carbonyl (C=O) groups excluding carboxylic acids is 1. The maximum atomic E-state index is 13.2. The van der Waals surface area contributed by atoms with Gasteiger partial charge in [0, 0.05) is 31.4 Å². The van der Waals surface area contributed by atoms with Crippen molar-refractivity contribution in [1.29, 1.82) is 0 Å². The Labute approximate surface area is 169 Å². The van der Waals surface area contributed by atoms with Crippen LogP contribution in [0.4, 0.5) is 0 Å². The summed E-state index contributed by atoms with van der Waals surface area (Å²) in [4.78, 5) is 15.0. The van der Waals surface area contributed by atoms with Gasteiger partial charge in [-0.15, -0.1) is 5.10 Å². The van der Waals surface area contributed by atoms with Gasteiger partial charge < -0.3 is 14.4 Å². The Hall–Kier alpha value is -3.42. The van der Waals surface area contributed by atoms with E-state index >= 15 is 0 Å². The molecule has 8 heteroatoms. The van der Waals surface area contributed by atoms with E-state index in [0.717, 1.165) is 24.2 Å². The first-order chi connectivity index (χ1) is 14.2. The van der Waals surface area contributed by atoms with Gasteiger partial charge >= 0.3 is 0 Å². The Morgan fingerprint density at radius 3 is 2.86 bits per heavy atom. The summed E-state index contributed by atoms with van der Waals surface area (Å²) in [6, 6.07) is 13.0. The van der Waals surface area contributed by atoms with Crippen LogP contribution in [0.5, 0.6) is 11.6 Å².